The summed E-state index contributed by atoms with van der Waals surface area (Å²) >= 11 is 0. The first kappa shape index (κ1) is 11.1. The van der Waals surface area contributed by atoms with Crippen molar-refractivity contribution in [3.63, 3.8) is 0 Å². The number of hydrogen-bond acceptors (Lipinski definition) is 4. The molecule has 0 aromatic carbocycles. The number of H-pyrrole nitrogens is 1. The summed E-state index contributed by atoms with van der Waals surface area (Å²) in [6.45, 7) is 2.48. The van der Waals surface area contributed by atoms with Crippen molar-refractivity contribution in [2.75, 3.05) is 6.54 Å². The molecule has 0 saturated heterocycles. The van der Waals surface area contributed by atoms with Gasteiger partial charge in [-0.3, -0.25) is 5.10 Å². The topological polar surface area (TPSA) is 87.7 Å². The first-order valence-corrected chi connectivity index (χ1v) is 5.93. The van der Waals surface area contributed by atoms with Gasteiger partial charge in [0, 0.05) is 6.54 Å². The quantitative estimate of drug-likeness (QED) is 0.660. The van der Waals surface area contributed by atoms with Crippen LogP contribution in [0, 0.1) is 6.33 Å². The Hall–Kier alpha value is -0.950. The van der Waals surface area contributed by atoms with Crippen LogP contribution in [-0.2, 0) is 10.0 Å². The van der Waals surface area contributed by atoms with Crippen LogP contribution in [0.5, 0.6) is 0 Å². The van der Waals surface area contributed by atoms with Gasteiger partial charge in [-0.25, -0.2) is 13.1 Å². The fraction of sp³-hybridized carbons (Fsp3) is 0.714. The Balaban J connectivity index is 2.44. The van der Waals surface area contributed by atoms with Crippen molar-refractivity contribution in [1.82, 2.24) is 19.9 Å². The minimum Gasteiger partial charge on any atom is -0.255 e. The van der Waals surface area contributed by atoms with Gasteiger partial charge < -0.3 is 0 Å². The molecule has 0 aliphatic heterocycles. The Labute approximate surface area is 83.2 Å². The molecule has 1 radical (unpaired) electrons. The molecule has 7 heteroatoms. The van der Waals surface area contributed by atoms with E-state index in [2.05, 4.69) is 33.2 Å². The molecule has 0 atom stereocenters. The fourth-order valence-corrected chi connectivity index (χ4v) is 1.81. The predicted octanol–water partition coefficient (Wildman–Crippen LogP) is 0.0734. The third kappa shape index (κ3) is 3.08. The summed E-state index contributed by atoms with van der Waals surface area (Å²) in [5.74, 6) is 0. The SMILES string of the molecule is CCCCCNS(=O)(=O)c1n[c][nH]n1. The Morgan fingerprint density at radius 1 is 1.50 bits per heavy atom. The maximum Gasteiger partial charge on any atom is 0.282 e. The number of aromatic nitrogens is 3. The Morgan fingerprint density at radius 3 is 2.86 bits per heavy atom. The van der Waals surface area contributed by atoms with E-state index >= 15 is 0 Å². The molecular formula is C7H13N4O2S. The minimum atomic E-state index is -3.53. The molecule has 2 N–H and O–H groups in total. The largest absolute Gasteiger partial charge is 0.282 e. The lowest BCUT2D eigenvalue weighted by molar-refractivity contribution is 0.567. The predicted molar refractivity (Wildman–Crippen MR) is 49.9 cm³/mol. The number of rotatable bonds is 6. The molecule has 0 saturated carbocycles. The second-order valence-corrected chi connectivity index (χ2v) is 4.50. The second-order valence-electron chi connectivity index (χ2n) is 2.83. The van der Waals surface area contributed by atoms with Crippen molar-refractivity contribution in [3.8, 4) is 0 Å². The van der Waals surface area contributed by atoms with Crippen LogP contribution in [0.1, 0.15) is 26.2 Å². The summed E-state index contributed by atoms with van der Waals surface area (Å²) in [4.78, 5) is 3.44. The van der Waals surface area contributed by atoms with Crippen LogP contribution >= 0.6 is 0 Å². The average Bonchev–Trinajstić information content (AvgIpc) is 2.65. The molecule has 1 aromatic heterocycles. The number of unbranched alkanes of at least 4 members (excludes halogenated alkanes) is 2. The van der Waals surface area contributed by atoms with Gasteiger partial charge in [0.1, 0.15) is 0 Å². The van der Waals surface area contributed by atoms with Crippen LogP contribution in [0.25, 0.3) is 0 Å². The van der Waals surface area contributed by atoms with Crippen LogP contribution < -0.4 is 4.72 Å². The normalized spacial score (nSPS) is 11.8. The summed E-state index contributed by atoms with van der Waals surface area (Å²) in [5, 5.41) is 5.42. The highest BCUT2D eigenvalue weighted by Gasteiger charge is 2.16. The molecule has 1 aromatic rings. The number of aromatic amines is 1. The van der Waals surface area contributed by atoms with Gasteiger partial charge in [-0.05, 0) is 6.42 Å². The summed E-state index contributed by atoms with van der Waals surface area (Å²) in [7, 11) is -3.53. The van der Waals surface area contributed by atoms with Gasteiger partial charge in [-0.1, -0.05) is 19.8 Å². The molecule has 0 bridgehead atoms. The highest BCUT2D eigenvalue weighted by molar-refractivity contribution is 7.89. The Bertz CT molecular complexity index is 346. The van der Waals surface area contributed by atoms with Crippen LogP contribution in [0.4, 0.5) is 0 Å². The number of sulfonamides is 1. The minimum absolute atomic E-state index is 0.256. The van der Waals surface area contributed by atoms with E-state index in [0.717, 1.165) is 19.3 Å². The van der Waals surface area contributed by atoms with E-state index in [9.17, 15) is 8.42 Å². The van der Waals surface area contributed by atoms with Crippen molar-refractivity contribution in [2.24, 2.45) is 0 Å². The van der Waals surface area contributed by atoms with Crippen LogP contribution in [0.2, 0.25) is 0 Å². The zero-order valence-corrected chi connectivity index (χ0v) is 8.76. The lowest BCUT2D eigenvalue weighted by Crippen LogP contribution is -2.25. The standard InChI is InChI=1S/C7H13N4O2S/c1-2-3-4-5-10-14(12,13)7-8-6-9-11-7/h10H,2-5H2,1H3,(H,8,9,11). The van der Waals surface area contributed by atoms with E-state index in [0.29, 0.717) is 6.54 Å². The summed E-state index contributed by atoms with van der Waals surface area (Å²) < 4.78 is 25.2. The van der Waals surface area contributed by atoms with E-state index in [1.54, 1.807) is 0 Å². The van der Waals surface area contributed by atoms with Crippen molar-refractivity contribution >= 4 is 10.0 Å². The van der Waals surface area contributed by atoms with Gasteiger partial charge in [0.15, 0.2) is 6.33 Å². The molecule has 14 heavy (non-hydrogen) atoms. The number of nitrogens with zero attached hydrogens (tertiary/aromatic N) is 2. The van der Waals surface area contributed by atoms with E-state index in [1.807, 2.05) is 0 Å². The highest BCUT2D eigenvalue weighted by atomic mass is 32.2. The van der Waals surface area contributed by atoms with Crippen LogP contribution in [0.3, 0.4) is 0 Å². The molecule has 79 valence electrons. The van der Waals surface area contributed by atoms with Gasteiger partial charge in [0.25, 0.3) is 15.2 Å². The lowest BCUT2D eigenvalue weighted by atomic mass is 10.3. The summed E-state index contributed by atoms with van der Waals surface area (Å²) in [6.07, 6.45) is 5.11. The fourth-order valence-electron chi connectivity index (χ4n) is 0.937. The average molecular weight is 217 g/mol. The second kappa shape index (κ2) is 5.06. The van der Waals surface area contributed by atoms with Crippen LogP contribution in [-0.4, -0.2) is 30.1 Å². The van der Waals surface area contributed by atoms with Gasteiger partial charge >= 0.3 is 0 Å². The first-order valence-electron chi connectivity index (χ1n) is 4.45. The number of nitrogens with one attached hydrogen (secondary N) is 2. The van der Waals surface area contributed by atoms with Crippen molar-refractivity contribution in [2.45, 2.75) is 31.3 Å². The van der Waals surface area contributed by atoms with E-state index in [-0.39, 0.29) is 5.16 Å². The molecule has 0 aliphatic rings. The Kier molecular flexibility index (Phi) is 4.02. The molecule has 0 unspecified atom stereocenters. The van der Waals surface area contributed by atoms with Gasteiger partial charge in [-0.2, -0.15) is 4.98 Å². The molecule has 0 fully saturated rings. The molecule has 0 amide bonds. The molecule has 0 spiro atoms. The maximum atomic E-state index is 11.4. The summed E-state index contributed by atoms with van der Waals surface area (Å²) in [5.41, 5.74) is 0. The smallest absolute Gasteiger partial charge is 0.255 e. The number of hydrogen-bond donors (Lipinski definition) is 2. The van der Waals surface area contributed by atoms with Gasteiger partial charge in [0.05, 0.1) is 0 Å². The van der Waals surface area contributed by atoms with Crippen LogP contribution in [0.15, 0.2) is 5.16 Å². The van der Waals surface area contributed by atoms with E-state index in [1.165, 1.54) is 0 Å². The first-order chi connectivity index (χ1) is 6.67. The zero-order valence-electron chi connectivity index (χ0n) is 7.95. The van der Waals surface area contributed by atoms with Crippen molar-refractivity contribution in [1.29, 1.82) is 0 Å². The molecule has 1 heterocycles. The van der Waals surface area contributed by atoms with E-state index in [4.69, 9.17) is 0 Å². The van der Waals surface area contributed by atoms with E-state index < -0.39 is 10.0 Å². The third-order valence-corrected chi connectivity index (χ3v) is 2.91. The monoisotopic (exact) mass is 217 g/mol. The maximum absolute atomic E-state index is 11.4. The summed E-state index contributed by atoms with van der Waals surface area (Å²) in [6, 6.07) is 0. The lowest BCUT2D eigenvalue weighted by Gasteiger charge is -2.01. The van der Waals surface area contributed by atoms with Crippen molar-refractivity contribution < 1.29 is 8.42 Å². The molecule has 6 nitrogen and oxygen atoms in total. The zero-order chi connectivity index (χ0) is 10.4. The third-order valence-electron chi connectivity index (χ3n) is 1.67. The highest BCUT2D eigenvalue weighted by Crippen LogP contribution is 1.98. The van der Waals surface area contributed by atoms with Crippen molar-refractivity contribution in [3.05, 3.63) is 6.33 Å². The van der Waals surface area contributed by atoms with Gasteiger partial charge in [0.2, 0.25) is 0 Å². The molecular weight excluding hydrogens is 204 g/mol. The molecule has 0 aliphatic carbocycles. The molecule has 1 rings (SSSR count). The van der Waals surface area contributed by atoms with Gasteiger partial charge in [-0.15, -0.1) is 5.10 Å². The Morgan fingerprint density at radius 2 is 2.29 bits per heavy atom.